The highest BCUT2D eigenvalue weighted by atomic mass is 16.4. The topological polar surface area (TPSA) is 91.5 Å². The van der Waals surface area contributed by atoms with E-state index in [-0.39, 0.29) is 11.7 Å². The summed E-state index contributed by atoms with van der Waals surface area (Å²) < 4.78 is 1.61. The Morgan fingerprint density at radius 3 is 2.70 bits per heavy atom. The maximum atomic E-state index is 10.9. The lowest BCUT2D eigenvalue weighted by atomic mass is 10.2. The molecule has 0 aromatic carbocycles. The van der Waals surface area contributed by atoms with Gasteiger partial charge in [0.2, 0.25) is 0 Å². The maximum absolute atomic E-state index is 10.9. The first-order chi connectivity index (χ1) is 11.0. The average molecular weight is 314 g/mol. The molecule has 2 aliphatic rings. The highest BCUT2D eigenvalue weighted by Gasteiger charge is 2.55. The van der Waals surface area contributed by atoms with E-state index in [1.54, 1.807) is 4.68 Å². The predicted molar refractivity (Wildman–Crippen MR) is 82.5 cm³/mol. The van der Waals surface area contributed by atoms with Gasteiger partial charge in [-0.15, -0.1) is 0 Å². The van der Waals surface area contributed by atoms with Crippen molar-refractivity contribution in [1.29, 1.82) is 0 Å². The van der Waals surface area contributed by atoms with Crippen molar-refractivity contribution in [3.63, 3.8) is 0 Å². The predicted octanol–water partition coefficient (Wildman–Crippen LogP) is 0.760. The number of aromatic carboxylic acids is 1. The second kappa shape index (κ2) is 5.06. The summed E-state index contributed by atoms with van der Waals surface area (Å²) in [5.74, 6) is 0.791. The van der Waals surface area contributed by atoms with Crippen molar-refractivity contribution >= 4 is 11.8 Å². The average Bonchev–Trinajstić information content (AvgIpc) is 2.94. The molecule has 0 spiro atoms. The van der Waals surface area contributed by atoms with Crippen LogP contribution in [0.1, 0.15) is 21.6 Å². The minimum atomic E-state index is -0.976. The van der Waals surface area contributed by atoms with E-state index in [4.69, 9.17) is 5.11 Å². The van der Waals surface area contributed by atoms with Crippen molar-refractivity contribution in [3.05, 3.63) is 41.3 Å². The van der Waals surface area contributed by atoms with E-state index in [2.05, 4.69) is 15.0 Å². The van der Waals surface area contributed by atoms with Gasteiger partial charge in [0, 0.05) is 36.8 Å². The second-order valence-electron chi connectivity index (χ2n) is 6.37. The fraction of sp³-hybridized carbons (Fsp3) is 0.438. The summed E-state index contributed by atoms with van der Waals surface area (Å²) in [6, 6.07) is 4.00. The number of carbonyl (C=O) groups is 1. The van der Waals surface area contributed by atoms with Gasteiger partial charge in [-0.25, -0.2) is 9.78 Å². The molecule has 7 heteroatoms. The van der Waals surface area contributed by atoms with Crippen LogP contribution in [0, 0.1) is 18.8 Å². The summed E-state index contributed by atoms with van der Waals surface area (Å²) >= 11 is 0. The molecule has 0 amide bonds. The molecule has 0 radical (unpaired) electrons. The number of aliphatic hydroxyl groups excluding tert-OH is 1. The van der Waals surface area contributed by atoms with E-state index in [1.165, 1.54) is 12.4 Å². The van der Waals surface area contributed by atoms with Crippen LogP contribution in [0.4, 0.5) is 5.82 Å². The molecule has 7 nitrogen and oxygen atoms in total. The van der Waals surface area contributed by atoms with Crippen LogP contribution in [0.5, 0.6) is 0 Å². The third kappa shape index (κ3) is 2.46. The molecule has 0 unspecified atom stereocenters. The van der Waals surface area contributed by atoms with Crippen LogP contribution >= 0.6 is 0 Å². The molecular weight excluding hydrogens is 296 g/mol. The number of carboxylic acid groups (broad SMARTS) is 1. The third-order valence-electron chi connectivity index (χ3n) is 4.87. The number of hydrogen-bond donors (Lipinski definition) is 2. The Morgan fingerprint density at radius 1 is 1.35 bits per heavy atom. The highest BCUT2D eigenvalue weighted by molar-refractivity contribution is 5.86. The van der Waals surface area contributed by atoms with Crippen LogP contribution in [0.25, 0.3) is 0 Å². The minimum absolute atomic E-state index is 0.116. The fourth-order valence-corrected chi connectivity index (χ4v) is 3.34. The van der Waals surface area contributed by atoms with Crippen molar-refractivity contribution in [1.82, 2.24) is 14.8 Å². The number of rotatable bonds is 4. The Hall–Kier alpha value is -2.41. The normalized spacial score (nSPS) is 25.5. The van der Waals surface area contributed by atoms with Crippen molar-refractivity contribution in [2.75, 3.05) is 18.0 Å². The monoisotopic (exact) mass is 314 g/mol. The van der Waals surface area contributed by atoms with E-state index in [0.717, 1.165) is 30.2 Å². The number of piperidine rings is 1. The Labute approximate surface area is 133 Å². The zero-order chi connectivity index (χ0) is 16.1. The molecule has 23 heavy (non-hydrogen) atoms. The molecular formula is C16H18N4O3. The van der Waals surface area contributed by atoms with Gasteiger partial charge in [0.1, 0.15) is 5.82 Å². The number of nitrogens with zero attached hydrogens (tertiary/aromatic N) is 4. The number of fused-ring (bicyclic) bond motifs is 1. The van der Waals surface area contributed by atoms with Gasteiger partial charge in [-0.05, 0) is 18.6 Å². The van der Waals surface area contributed by atoms with Gasteiger partial charge in [-0.2, -0.15) is 5.10 Å². The van der Waals surface area contributed by atoms with Gasteiger partial charge in [0.25, 0.3) is 0 Å². The zero-order valence-electron chi connectivity index (χ0n) is 12.8. The van der Waals surface area contributed by atoms with Crippen LogP contribution < -0.4 is 4.90 Å². The van der Waals surface area contributed by atoms with Gasteiger partial charge >= 0.3 is 5.97 Å². The summed E-state index contributed by atoms with van der Waals surface area (Å²) in [6.45, 7) is 4.19. The molecule has 1 saturated heterocycles. The van der Waals surface area contributed by atoms with E-state index in [0.29, 0.717) is 18.4 Å². The first-order valence-electron chi connectivity index (χ1n) is 7.68. The minimum Gasteiger partial charge on any atom is -0.478 e. The lowest BCUT2D eigenvalue weighted by molar-refractivity contribution is 0.0696. The van der Waals surface area contributed by atoms with Crippen molar-refractivity contribution in [2.24, 2.45) is 11.8 Å². The molecule has 0 bridgehead atoms. The number of aliphatic hydroxyl groups is 1. The molecule has 120 valence electrons. The fourth-order valence-electron chi connectivity index (χ4n) is 3.34. The summed E-state index contributed by atoms with van der Waals surface area (Å²) in [7, 11) is 0. The molecule has 3 atom stereocenters. The van der Waals surface area contributed by atoms with Gasteiger partial charge in [0.05, 0.1) is 24.4 Å². The molecule has 1 saturated carbocycles. The summed E-state index contributed by atoms with van der Waals surface area (Å²) in [6.07, 6.45) is 2.75. The second-order valence-corrected chi connectivity index (χ2v) is 6.37. The van der Waals surface area contributed by atoms with Crippen LogP contribution in [-0.2, 0) is 6.54 Å². The molecule has 2 N–H and O–H groups in total. The van der Waals surface area contributed by atoms with E-state index in [9.17, 15) is 9.90 Å². The number of aromatic nitrogens is 3. The third-order valence-corrected chi connectivity index (χ3v) is 4.87. The molecule has 2 fully saturated rings. The SMILES string of the molecule is Cc1nc(N2C[C@@H]3[C@@H](O)[C@@H]3C2)ccc1Cn1cc(C(=O)O)cn1. The van der Waals surface area contributed by atoms with Gasteiger partial charge in [-0.3, -0.25) is 4.68 Å². The van der Waals surface area contributed by atoms with Crippen molar-refractivity contribution < 1.29 is 15.0 Å². The first-order valence-corrected chi connectivity index (χ1v) is 7.68. The number of anilines is 1. The van der Waals surface area contributed by atoms with Gasteiger partial charge in [0.15, 0.2) is 0 Å². The zero-order valence-corrected chi connectivity index (χ0v) is 12.8. The van der Waals surface area contributed by atoms with E-state index >= 15 is 0 Å². The Balaban J connectivity index is 1.48. The molecule has 1 aliphatic carbocycles. The summed E-state index contributed by atoms with van der Waals surface area (Å²) in [4.78, 5) is 17.8. The standard InChI is InChI=1S/C16H18N4O3/c1-9-10(5-20-6-11(4-17-20)16(22)23)2-3-14(18-9)19-7-12-13(8-19)15(12)21/h2-4,6,12-13,15,21H,5,7-8H2,1H3,(H,22,23)/t12-,13+,15+. The number of hydrogen-bond acceptors (Lipinski definition) is 5. The number of aryl methyl sites for hydroxylation is 1. The lowest BCUT2D eigenvalue weighted by Gasteiger charge is -2.21. The number of pyridine rings is 1. The highest BCUT2D eigenvalue weighted by Crippen LogP contribution is 2.46. The molecule has 4 rings (SSSR count). The van der Waals surface area contributed by atoms with Crippen molar-refractivity contribution in [2.45, 2.75) is 19.6 Å². The van der Waals surface area contributed by atoms with Crippen LogP contribution in [0.3, 0.4) is 0 Å². The Kier molecular flexibility index (Phi) is 3.12. The quantitative estimate of drug-likeness (QED) is 0.866. The molecule has 2 aromatic heterocycles. The molecule has 3 heterocycles. The smallest absolute Gasteiger partial charge is 0.338 e. The molecule has 2 aromatic rings. The van der Waals surface area contributed by atoms with Gasteiger partial charge in [-0.1, -0.05) is 6.07 Å². The van der Waals surface area contributed by atoms with Gasteiger partial charge < -0.3 is 15.1 Å². The van der Waals surface area contributed by atoms with Crippen LogP contribution in [0.2, 0.25) is 0 Å². The van der Waals surface area contributed by atoms with E-state index in [1.807, 2.05) is 19.1 Å². The summed E-state index contributed by atoms with van der Waals surface area (Å²) in [5.41, 5.74) is 2.11. The maximum Gasteiger partial charge on any atom is 0.338 e. The van der Waals surface area contributed by atoms with Crippen LogP contribution in [0.15, 0.2) is 24.5 Å². The Bertz CT molecular complexity index is 760. The van der Waals surface area contributed by atoms with Crippen LogP contribution in [-0.4, -0.2) is 50.1 Å². The summed E-state index contributed by atoms with van der Waals surface area (Å²) in [5, 5.41) is 22.6. The number of carboxylic acids is 1. The lowest BCUT2D eigenvalue weighted by Crippen LogP contribution is -2.26. The molecule has 1 aliphatic heterocycles. The Morgan fingerprint density at radius 2 is 2.09 bits per heavy atom. The van der Waals surface area contributed by atoms with Crippen molar-refractivity contribution in [3.8, 4) is 0 Å². The largest absolute Gasteiger partial charge is 0.478 e. The van der Waals surface area contributed by atoms with E-state index < -0.39 is 5.97 Å². The first kappa shape index (κ1) is 14.2.